The summed E-state index contributed by atoms with van der Waals surface area (Å²) in [7, 11) is 0. The van der Waals surface area contributed by atoms with Crippen molar-refractivity contribution in [1.29, 1.82) is 5.26 Å². The number of nitriles is 1. The summed E-state index contributed by atoms with van der Waals surface area (Å²) in [4.78, 5) is 12.5. The lowest BCUT2D eigenvalue weighted by Gasteiger charge is -2.31. The van der Waals surface area contributed by atoms with Gasteiger partial charge in [-0.3, -0.25) is 4.79 Å². The molecule has 1 amide bonds. The van der Waals surface area contributed by atoms with Gasteiger partial charge in [0.15, 0.2) is 0 Å². The summed E-state index contributed by atoms with van der Waals surface area (Å²) in [5.41, 5.74) is 0.0859. The standard InChI is InChI=1S/C21H20N2O2/c22-14-21(10-4-1-5-11-21)23-20(24)13-16-12-18-17-7-3-2-6-15(17)8-9-19(18)25-16/h2-3,6-9,12H,1,4-5,10-11,13H2,(H,23,24). The van der Waals surface area contributed by atoms with Gasteiger partial charge in [-0.05, 0) is 35.7 Å². The molecule has 0 saturated heterocycles. The van der Waals surface area contributed by atoms with E-state index in [9.17, 15) is 10.1 Å². The predicted molar refractivity (Wildman–Crippen MR) is 97.0 cm³/mol. The zero-order valence-electron chi connectivity index (χ0n) is 14.0. The van der Waals surface area contributed by atoms with Gasteiger partial charge in [0.1, 0.15) is 16.9 Å². The Morgan fingerprint density at radius 3 is 2.72 bits per heavy atom. The summed E-state index contributed by atoms with van der Waals surface area (Å²) < 4.78 is 5.86. The number of fused-ring (bicyclic) bond motifs is 3. The van der Waals surface area contributed by atoms with E-state index >= 15 is 0 Å². The molecule has 1 fully saturated rings. The highest BCUT2D eigenvalue weighted by Gasteiger charge is 2.33. The highest BCUT2D eigenvalue weighted by Crippen LogP contribution is 2.29. The second-order valence-electron chi connectivity index (χ2n) is 6.89. The van der Waals surface area contributed by atoms with E-state index in [2.05, 4.69) is 23.5 Å². The third kappa shape index (κ3) is 2.98. The van der Waals surface area contributed by atoms with Gasteiger partial charge in [-0.2, -0.15) is 5.26 Å². The number of carbonyl (C=O) groups excluding carboxylic acids is 1. The van der Waals surface area contributed by atoms with E-state index in [4.69, 9.17) is 4.42 Å². The topological polar surface area (TPSA) is 66.0 Å². The van der Waals surface area contributed by atoms with Crippen molar-refractivity contribution in [3.63, 3.8) is 0 Å². The molecular weight excluding hydrogens is 312 g/mol. The van der Waals surface area contributed by atoms with Gasteiger partial charge in [0.05, 0.1) is 12.5 Å². The number of rotatable bonds is 3. The van der Waals surface area contributed by atoms with E-state index in [0.29, 0.717) is 5.76 Å². The molecule has 1 aromatic heterocycles. The SMILES string of the molecule is N#CC1(NC(=O)Cc2cc3c(ccc4ccccc43)o2)CCCCC1. The number of carbonyl (C=O) groups is 1. The van der Waals surface area contributed by atoms with Crippen LogP contribution in [0.2, 0.25) is 0 Å². The average molecular weight is 332 g/mol. The Labute approximate surface area is 146 Å². The second-order valence-corrected chi connectivity index (χ2v) is 6.89. The van der Waals surface area contributed by atoms with Crippen molar-refractivity contribution < 1.29 is 9.21 Å². The Kier molecular flexibility index (Phi) is 3.93. The molecule has 3 aromatic rings. The largest absolute Gasteiger partial charge is 0.461 e. The summed E-state index contributed by atoms with van der Waals surface area (Å²) >= 11 is 0. The first kappa shape index (κ1) is 15.7. The lowest BCUT2D eigenvalue weighted by molar-refractivity contribution is -0.122. The first-order chi connectivity index (χ1) is 12.2. The van der Waals surface area contributed by atoms with Crippen LogP contribution in [-0.2, 0) is 11.2 Å². The molecule has 4 rings (SSSR count). The summed E-state index contributed by atoms with van der Waals surface area (Å²) in [6.07, 6.45) is 4.75. The third-order valence-corrected chi connectivity index (χ3v) is 5.11. The van der Waals surface area contributed by atoms with Crippen LogP contribution in [0.5, 0.6) is 0 Å². The highest BCUT2D eigenvalue weighted by molar-refractivity contribution is 6.06. The zero-order chi connectivity index (χ0) is 17.3. The van der Waals surface area contributed by atoms with Crippen molar-refractivity contribution in [1.82, 2.24) is 5.32 Å². The van der Waals surface area contributed by atoms with E-state index < -0.39 is 5.54 Å². The molecule has 0 unspecified atom stereocenters. The van der Waals surface area contributed by atoms with Crippen molar-refractivity contribution in [2.24, 2.45) is 0 Å². The normalized spacial score (nSPS) is 16.6. The molecule has 2 aromatic carbocycles. The Morgan fingerprint density at radius 2 is 1.92 bits per heavy atom. The van der Waals surface area contributed by atoms with Gasteiger partial charge >= 0.3 is 0 Å². The molecule has 1 aliphatic rings. The molecule has 0 bridgehead atoms. The van der Waals surface area contributed by atoms with E-state index in [1.807, 2.05) is 30.3 Å². The van der Waals surface area contributed by atoms with Crippen molar-refractivity contribution in [2.45, 2.75) is 44.1 Å². The van der Waals surface area contributed by atoms with Crippen LogP contribution in [0.15, 0.2) is 46.9 Å². The van der Waals surface area contributed by atoms with E-state index in [1.165, 1.54) is 0 Å². The third-order valence-electron chi connectivity index (χ3n) is 5.11. The molecule has 1 heterocycles. The summed E-state index contributed by atoms with van der Waals surface area (Å²) in [5, 5.41) is 15.7. The first-order valence-corrected chi connectivity index (χ1v) is 8.82. The minimum absolute atomic E-state index is 0.146. The van der Waals surface area contributed by atoms with Gasteiger partial charge in [0.25, 0.3) is 0 Å². The average Bonchev–Trinajstić information content (AvgIpc) is 3.05. The molecule has 25 heavy (non-hydrogen) atoms. The maximum atomic E-state index is 12.5. The highest BCUT2D eigenvalue weighted by atomic mass is 16.3. The first-order valence-electron chi connectivity index (χ1n) is 8.82. The number of hydrogen-bond acceptors (Lipinski definition) is 3. The fourth-order valence-corrected chi connectivity index (χ4v) is 3.82. The van der Waals surface area contributed by atoms with Crippen LogP contribution in [0.3, 0.4) is 0 Å². The van der Waals surface area contributed by atoms with Gasteiger partial charge in [-0.1, -0.05) is 49.6 Å². The maximum Gasteiger partial charge on any atom is 0.228 e. The number of furan rings is 1. The van der Waals surface area contributed by atoms with Crippen LogP contribution in [-0.4, -0.2) is 11.4 Å². The predicted octanol–water partition coefficient (Wildman–Crippen LogP) is 4.47. The van der Waals surface area contributed by atoms with Gasteiger partial charge < -0.3 is 9.73 Å². The van der Waals surface area contributed by atoms with Crippen LogP contribution >= 0.6 is 0 Å². The molecule has 126 valence electrons. The van der Waals surface area contributed by atoms with Gasteiger partial charge in [0.2, 0.25) is 5.91 Å². The Morgan fingerprint density at radius 1 is 1.12 bits per heavy atom. The maximum absolute atomic E-state index is 12.5. The van der Waals surface area contributed by atoms with E-state index in [0.717, 1.165) is 53.8 Å². The number of nitrogens with zero attached hydrogens (tertiary/aromatic N) is 1. The lowest BCUT2D eigenvalue weighted by atomic mass is 9.83. The van der Waals surface area contributed by atoms with Crippen LogP contribution in [0.4, 0.5) is 0 Å². The van der Waals surface area contributed by atoms with Crippen LogP contribution in [0.25, 0.3) is 21.7 Å². The molecule has 1 saturated carbocycles. The fourth-order valence-electron chi connectivity index (χ4n) is 3.82. The molecule has 0 spiro atoms. The van der Waals surface area contributed by atoms with Crippen molar-refractivity contribution in [3.8, 4) is 6.07 Å². The molecule has 0 atom stereocenters. The Bertz CT molecular complexity index is 974. The van der Waals surface area contributed by atoms with Crippen LogP contribution in [0, 0.1) is 11.3 Å². The molecule has 0 radical (unpaired) electrons. The van der Waals surface area contributed by atoms with Gasteiger partial charge in [-0.25, -0.2) is 0 Å². The Balaban J connectivity index is 1.57. The zero-order valence-corrected chi connectivity index (χ0v) is 14.0. The summed E-state index contributed by atoms with van der Waals surface area (Å²) in [6, 6.07) is 16.4. The number of hydrogen-bond donors (Lipinski definition) is 1. The summed E-state index contributed by atoms with van der Waals surface area (Å²) in [6.45, 7) is 0. The van der Waals surface area contributed by atoms with Crippen LogP contribution in [0.1, 0.15) is 37.9 Å². The fraction of sp³-hybridized carbons (Fsp3) is 0.333. The van der Waals surface area contributed by atoms with Crippen LogP contribution < -0.4 is 5.32 Å². The van der Waals surface area contributed by atoms with Crippen molar-refractivity contribution in [2.75, 3.05) is 0 Å². The van der Waals surface area contributed by atoms with Crippen molar-refractivity contribution >= 4 is 27.6 Å². The van der Waals surface area contributed by atoms with Crippen molar-refractivity contribution in [3.05, 3.63) is 48.2 Å². The Hall–Kier alpha value is -2.80. The molecular formula is C21H20N2O2. The monoisotopic (exact) mass is 332 g/mol. The molecule has 0 aliphatic heterocycles. The quantitative estimate of drug-likeness (QED) is 0.769. The summed E-state index contributed by atoms with van der Waals surface area (Å²) in [5.74, 6) is 0.486. The number of amides is 1. The van der Waals surface area contributed by atoms with Gasteiger partial charge in [0, 0.05) is 5.39 Å². The minimum atomic E-state index is -0.700. The number of benzene rings is 2. The smallest absolute Gasteiger partial charge is 0.228 e. The van der Waals surface area contributed by atoms with E-state index in [-0.39, 0.29) is 12.3 Å². The van der Waals surface area contributed by atoms with Gasteiger partial charge in [-0.15, -0.1) is 0 Å². The molecule has 1 aliphatic carbocycles. The lowest BCUT2D eigenvalue weighted by Crippen LogP contribution is -2.49. The number of nitrogens with one attached hydrogen (secondary N) is 1. The molecule has 1 N–H and O–H groups in total. The van der Waals surface area contributed by atoms with E-state index in [1.54, 1.807) is 0 Å². The molecule has 4 heteroatoms. The minimum Gasteiger partial charge on any atom is -0.461 e. The second kappa shape index (κ2) is 6.25. The molecule has 4 nitrogen and oxygen atoms in total.